The van der Waals surface area contributed by atoms with E-state index < -0.39 is 6.10 Å². The predicted octanol–water partition coefficient (Wildman–Crippen LogP) is 1.70. The molecule has 0 bridgehead atoms. The van der Waals surface area contributed by atoms with Crippen molar-refractivity contribution in [2.45, 2.75) is 26.4 Å². The monoisotopic (exact) mass is 151 g/mol. The normalized spacial score (nSPS) is 13.0. The number of hydrogen-bond donors (Lipinski definition) is 1. The fraction of sp³-hybridized carbons (Fsp3) is 0.444. The summed E-state index contributed by atoms with van der Waals surface area (Å²) in [5.41, 5.74) is 1.78. The van der Waals surface area contributed by atoms with E-state index in [1.165, 1.54) is 0 Å². The van der Waals surface area contributed by atoms with Crippen LogP contribution in [0.2, 0.25) is 0 Å². The molecule has 1 rings (SSSR count). The second-order valence-corrected chi connectivity index (χ2v) is 2.58. The van der Waals surface area contributed by atoms with E-state index in [2.05, 4.69) is 4.98 Å². The average Bonchev–Trinajstić information content (AvgIpc) is 2.05. The fourth-order valence-electron chi connectivity index (χ4n) is 0.928. The van der Waals surface area contributed by atoms with Crippen LogP contribution < -0.4 is 0 Å². The summed E-state index contributed by atoms with van der Waals surface area (Å²) in [6.07, 6.45) is 0.460. The molecule has 0 saturated carbocycles. The topological polar surface area (TPSA) is 33.1 Å². The van der Waals surface area contributed by atoms with Gasteiger partial charge in [-0.05, 0) is 25.5 Å². The first-order valence-electron chi connectivity index (χ1n) is 3.88. The predicted molar refractivity (Wildman–Crippen MR) is 44.2 cm³/mol. The first kappa shape index (κ1) is 8.21. The number of aliphatic hydroxyl groups is 1. The van der Waals surface area contributed by atoms with Crippen molar-refractivity contribution in [2.24, 2.45) is 0 Å². The Hall–Kier alpha value is -0.890. The summed E-state index contributed by atoms with van der Waals surface area (Å²) < 4.78 is 0. The van der Waals surface area contributed by atoms with Gasteiger partial charge in [-0.3, -0.25) is 4.98 Å². The van der Waals surface area contributed by atoms with E-state index >= 15 is 0 Å². The second-order valence-electron chi connectivity index (χ2n) is 2.58. The first-order chi connectivity index (χ1) is 5.24. The number of nitrogens with zero attached hydrogens (tertiary/aromatic N) is 1. The van der Waals surface area contributed by atoms with Crippen LogP contribution in [-0.4, -0.2) is 10.1 Å². The zero-order valence-electron chi connectivity index (χ0n) is 6.91. The quantitative estimate of drug-likeness (QED) is 0.697. The summed E-state index contributed by atoms with van der Waals surface area (Å²) in [6.45, 7) is 3.77. The molecule has 1 N–H and O–H groups in total. The fourth-order valence-corrected chi connectivity index (χ4v) is 0.928. The Kier molecular flexibility index (Phi) is 2.60. The lowest BCUT2D eigenvalue weighted by Gasteiger charge is -2.04. The maximum atomic E-state index is 9.18. The number of aromatic nitrogens is 1. The van der Waals surface area contributed by atoms with Gasteiger partial charge in [0.05, 0.1) is 11.8 Å². The number of pyridine rings is 1. The smallest absolute Gasteiger partial charge is 0.0931 e. The molecule has 0 amide bonds. The number of aliphatic hydroxyl groups excluding tert-OH is 1. The van der Waals surface area contributed by atoms with Gasteiger partial charge in [0.2, 0.25) is 0 Å². The van der Waals surface area contributed by atoms with Gasteiger partial charge >= 0.3 is 0 Å². The van der Waals surface area contributed by atoms with Crippen LogP contribution in [-0.2, 0) is 6.42 Å². The van der Waals surface area contributed by atoms with Gasteiger partial charge in [0.25, 0.3) is 0 Å². The molecule has 1 aromatic rings. The Labute approximate surface area is 66.9 Å². The average molecular weight is 151 g/mol. The molecule has 0 saturated heterocycles. The first-order valence-corrected chi connectivity index (χ1v) is 3.88. The van der Waals surface area contributed by atoms with E-state index in [1.54, 1.807) is 6.92 Å². The summed E-state index contributed by atoms with van der Waals surface area (Å²) in [5, 5.41) is 9.18. The highest BCUT2D eigenvalue weighted by Gasteiger charge is 2.01. The lowest BCUT2D eigenvalue weighted by molar-refractivity contribution is 0.194. The van der Waals surface area contributed by atoms with Crippen LogP contribution in [0.5, 0.6) is 0 Å². The molecule has 0 aliphatic rings. The molecular weight excluding hydrogens is 138 g/mol. The molecule has 60 valence electrons. The van der Waals surface area contributed by atoms with Gasteiger partial charge in [0, 0.05) is 5.69 Å². The summed E-state index contributed by atoms with van der Waals surface area (Å²) in [4.78, 5) is 4.24. The highest BCUT2D eigenvalue weighted by molar-refractivity contribution is 5.12. The van der Waals surface area contributed by atoms with Crippen LogP contribution in [0.25, 0.3) is 0 Å². The number of rotatable bonds is 2. The maximum Gasteiger partial charge on any atom is 0.0931 e. The van der Waals surface area contributed by atoms with Crippen molar-refractivity contribution in [3.05, 3.63) is 29.6 Å². The minimum Gasteiger partial charge on any atom is -0.387 e. The molecule has 2 nitrogen and oxygen atoms in total. The lowest BCUT2D eigenvalue weighted by atomic mass is 10.2. The van der Waals surface area contributed by atoms with E-state index in [4.69, 9.17) is 0 Å². The van der Waals surface area contributed by atoms with Gasteiger partial charge in [-0.25, -0.2) is 0 Å². The Balaban J connectivity index is 2.91. The maximum absolute atomic E-state index is 9.18. The van der Waals surface area contributed by atoms with E-state index in [1.807, 2.05) is 25.1 Å². The zero-order valence-corrected chi connectivity index (χ0v) is 6.91. The third kappa shape index (κ3) is 2.02. The molecule has 0 fully saturated rings. The van der Waals surface area contributed by atoms with Crippen LogP contribution >= 0.6 is 0 Å². The van der Waals surface area contributed by atoms with Gasteiger partial charge < -0.3 is 5.11 Å². The summed E-state index contributed by atoms with van der Waals surface area (Å²) >= 11 is 0. The van der Waals surface area contributed by atoms with E-state index in [0.29, 0.717) is 0 Å². The molecule has 1 unspecified atom stereocenters. The van der Waals surface area contributed by atoms with E-state index in [9.17, 15) is 5.11 Å². The minimum absolute atomic E-state index is 0.457. The number of aryl methyl sites for hydroxylation is 1. The molecular formula is C9H13NO. The van der Waals surface area contributed by atoms with Crippen LogP contribution in [0.4, 0.5) is 0 Å². The Morgan fingerprint density at radius 1 is 1.55 bits per heavy atom. The Morgan fingerprint density at radius 3 is 2.82 bits per heavy atom. The molecule has 1 heterocycles. The van der Waals surface area contributed by atoms with Crippen LogP contribution in [0, 0.1) is 0 Å². The van der Waals surface area contributed by atoms with Crippen molar-refractivity contribution in [1.82, 2.24) is 4.98 Å². The summed E-state index contributed by atoms with van der Waals surface area (Å²) in [7, 11) is 0. The van der Waals surface area contributed by atoms with Gasteiger partial charge in [0.1, 0.15) is 0 Å². The van der Waals surface area contributed by atoms with Crippen molar-refractivity contribution in [3.63, 3.8) is 0 Å². The molecule has 2 heteroatoms. The van der Waals surface area contributed by atoms with Crippen molar-refractivity contribution >= 4 is 0 Å². The highest BCUT2D eigenvalue weighted by atomic mass is 16.3. The van der Waals surface area contributed by atoms with Crippen molar-refractivity contribution in [3.8, 4) is 0 Å². The second kappa shape index (κ2) is 3.49. The zero-order chi connectivity index (χ0) is 8.27. The Morgan fingerprint density at radius 2 is 2.27 bits per heavy atom. The lowest BCUT2D eigenvalue weighted by Crippen LogP contribution is -1.97. The third-order valence-corrected chi connectivity index (χ3v) is 1.62. The molecule has 0 aliphatic heterocycles. The van der Waals surface area contributed by atoms with Gasteiger partial charge in [-0.1, -0.05) is 13.0 Å². The molecule has 1 aromatic heterocycles. The van der Waals surface area contributed by atoms with Gasteiger partial charge in [-0.15, -0.1) is 0 Å². The van der Waals surface area contributed by atoms with Gasteiger partial charge in [0.15, 0.2) is 0 Å². The van der Waals surface area contributed by atoms with Crippen molar-refractivity contribution in [1.29, 1.82) is 0 Å². The summed E-state index contributed by atoms with van der Waals surface area (Å²) in [5.74, 6) is 0. The van der Waals surface area contributed by atoms with Crippen molar-refractivity contribution in [2.75, 3.05) is 0 Å². The molecule has 1 atom stereocenters. The minimum atomic E-state index is -0.457. The van der Waals surface area contributed by atoms with Gasteiger partial charge in [-0.2, -0.15) is 0 Å². The van der Waals surface area contributed by atoms with E-state index in [-0.39, 0.29) is 0 Å². The largest absolute Gasteiger partial charge is 0.387 e. The molecule has 0 spiro atoms. The SMILES string of the molecule is CCc1cccc(C(C)O)n1. The van der Waals surface area contributed by atoms with E-state index in [0.717, 1.165) is 17.8 Å². The molecule has 11 heavy (non-hydrogen) atoms. The molecule has 0 aromatic carbocycles. The standard InChI is InChI=1S/C9H13NO/c1-3-8-5-4-6-9(10-8)7(2)11/h4-7,11H,3H2,1-2H3. The third-order valence-electron chi connectivity index (χ3n) is 1.62. The van der Waals surface area contributed by atoms with Crippen molar-refractivity contribution < 1.29 is 5.11 Å². The molecule has 0 radical (unpaired) electrons. The van der Waals surface area contributed by atoms with Crippen LogP contribution in [0.1, 0.15) is 31.3 Å². The number of hydrogen-bond acceptors (Lipinski definition) is 2. The summed E-state index contributed by atoms with van der Waals surface area (Å²) in [6, 6.07) is 5.73. The van der Waals surface area contributed by atoms with Crippen LogP contribution in [0.15, 0.2) is 18.2 Å². The van der Waals surface area contributed by atoms with Crippen LogP contribution in [0.3, 0.4) is 0 Å². The molecule has 0 aliphatic carbocycles. The Bertz CT molecular complexity index is 233. The highest BCUT2D eigenvalue weighted by Crippen LogP contribution is 2.08.